The van der Waals surface area contributed by atoms with Gasteiger partial charge in [-0.2, -0.15) is 0 Å². The summed E-state index contributed by atoms with van der Waals surface area (Å²) in [5.41, 5.74) is 0.762. The molecule has 0 bridgehead atoms. The second-order valence-electron chi connectivity index (χ2n) is 5.65. The van der Waals surface area contributed by atoms with E-state index in [-0.39, 0.29) is 12.5 Å². The van der Waals surface area contributed by atoms with Gasteiger partial charge in [0.2, 0.25) is 5.91 Å². The summed E-state index contributed by atoms with van der Waals surface area (Å²) in [7, 11) is 1.85. The Bertz CT molecular complexity index is 454. The average molecular weight is 311 g/mol. The van der Waals surface area contributed by atoms with Crippen molar-refractivity contribution in [3.05, 3.63) is 11.9 Å². The van der Waals surface area contributed by atoms with Crippen molar-refractivity contribution in [2.24, 2.45) is 7.05 Å². The molecule has 0 unspecified atom stereocenters. The molecule has 118 valence electrons. The Morgan fingerprint density at radius 3 is 2.67 bits per heavy atom. The third-order valence-corrected chi connectivity index (χ3v) is 5.05. The number of nitrogens with one attached hydrogen (secondary N) is 1. The Morgan fingerprint density at radius 1 is 1.38 bits per heavy atom. The zero-order chi connectivity index (χ0) is 15.1. The fourth-order valence-electron chi connectivity index (χ4n) is 2.71. The van der Waals surface area contributed by atoms with Crippen LogP contribution in [0, 0.1) is 0 Å². The molecular formula is C15H25N3O2S. The van der Waals surface area contributed by atoms with Gasteiger partial charge < -0.3 is 15.0 Å². The number of amides is 1. The highest BCUT2D eigenvalue weighted by atomic mass is 32.2. The second-order valence-corrected chi connectivity index (χ2v) is 6.59. The first kappa shape index (κ1) is 16.4. The minimum Gasteiger partial charge on any atom is -0.390 e. The molecule has 0 saturated heterocycles. The van der Waals surface area contributed by atoms with Crippen molar-refractivity contribution in [3.63, 3.8) is 0 Å². The van der Waals surface area contributed by atoms with Crippen molar-refractivity contribution in [1.29, 1.82) is 0 Å². The molecule has 0 aliphatic heterocycles. The minimum atomic E-state index is -0.0294. The van der Waals surface area contributed by atoms with Crippen molar-refractivity contribution in [1.82, 2.24) is 14.9 Å². The van der Waals surface area contributed by atoms with Crippen LogP contribution in [0.4, 0.5) is 0 Å². The van der Waals surface area contributed by atoms with E-state index in [1.807, 2.05) is 11.6 Å². The van der Waals surface area contributed by atoms with Gasteiger partial charge in [-0.3, -0.25) is 4.79 Å². The number of carbonyl (C=O) groups excluding carboxylic acids is 1. The van der Waals surface area contributed by atoms with E-state index in [1.165, 1.54) is 43.9 Å². The van der Waals surface area contributed by atoms with E-state index >= 15 is 0 Å². The molecule has 5 nitrogen and oxygen atoms in total. The molecule has 0 radical (unpaired) electrons. The Hall–Kier alpha value is -1.01. The summed E-state index contributed by atoms with van der Waals surface area (Å²) in [6.07, 6.45) is 10.2. The minimum absolute atomic E-state index is 0.0294. The highest BCUT2D eigenvalue weighted by molar-refractivity contribution is 7.99. The normalized spacial score (nSPS) is 17.2. The largest absolute Gasteiger partial charge is 0.390 e. The Balaban J connectivity index is 1.77. The highest BCUT2D eigenvalue weighted by Gasteiger charge is 2.15. The lowest BCUT2D eigenvalue weighted by Gasteiger charge is -2.20. The van der Waals surface area contributed by atoms with Crippen molar-refractivity contribution in [3.8, 4) is 0 Å². The van der Waals surface area contributed by atoms with Gasteiger partial charge in [0.25, 0.3) is 0 Å². The number of aliphatic hydroxyl groups is 1. The standard InChI is InChI=1S/C15H25N3O2S/c1-18-13(10-19)9-16-15(18)21-11-14(20)17-12-7-5-3-2-4-6-8-12/h9,12,19H,2-8,10-11H2,1H3,(H,17,20). The number of rotatable bonds is 5. The molecule has 1 saturated carbocycles. The van der Waals surface area contributed by atoms with E-state index in [0.717, 1.165) is 23.7 Å². The molecule has 0 spiro atoms. The van der Waals surface area contributed by atoms with Gasteiger partial charge in [-0.05, 0) is 12.8 Å². The summed E-state index contributed by atoms with van der Waals surface area (Å²) in [4.78, 5) is 16.3. The van der Waals surface area contributed by atoms with Gasteiger partial charge in [-0.25, -0.2) is 4.98 Å². The lowest BCUT2D eigenvalue weighted by atomic mass is 9.97. The summed E-state index contributed by atoms with van der Waals surface area (Å²) in [6, 6.07) is 0.341. The SMILES string of the molecule is Cn1c(CO)cnc1SCC(=O)NC1CCCCCCC1. The van der Waals surface area contributed by atoms with Crippen LogP contribution in [0.15, 0.2) is 11.4 Å². The summed E-state index contributed by atoms with van der Waals surface area (Å²) >= 11 is 1.42. The molecule has 0 aromatic carbocycles. The van der Waals surface area contributed by atoms with E-state index in [4.69, 9.17) is 5.11 Å². The van der Waals surface area contributed by atoms with E-state index in [0.29, 0.717) is 11.8 Å². The van der Waals surface area contributed by atoms with E-state index < -0.39 is 0 Å². The fourth-order valence-corrected chi connectivity index (χ4v) is 3.49. The smallest absolute Gasteiger partial charge is 0.230 e. The third-order valence-electron chi connectivity index (χ3n) is 4.01. The summed E-state index contributed by atoms with van der Waals surface area (Å²) in [6.45, 7) is -0.0294. The molecular weight excluding hydrogens is 286 g/mol. The lowest BCUT2D eigenvalue weighted by Crippen LogP contribution is -2.36. The molecule has 21 heavy (non-hydrogen) atoms. The van der Waals surface area contributed by atoms with E-state index in [9.17, 15) is 4.79 Å². The highest BCUT2D eigenvalue weighted by Crippen LogP contribution is 2.19. The summed E-state index contributed by atoms with van der Waals surface area (Å²) in [5.74, 6) is 0.464. The molecule has 1 amide bonds. The Kier molecular flexibility index (Phi) is 6.57. The van der Waals surface area contributed by atoms with E-state index in [1.54, 1.807) is 6.20 Å². The van der Waals surface area contributed by atoms with Gasteiger partial charge in [0.1, 0.15) is 0 Å². The molecule has 1 aliphatic rings. The van der Waals surface area contributed by atoms with Crippen LogP contribution in [-0.4, -0.2) is 32.4 Å². The number of thioether (sulfide) groups is 1. The van der Waals surface area contributed by atoms with Crippen molar-refractivity contribution in [2.45, 2.75) is 62.8 Å². The number of aromatic nitrogens is 2. The number of carbonyl (C=O) groups is 1. The van der Waals surface area contributed by atoms with E-state index in [2.05, 4.69) is 10.3 Å². The number of imidazole rings is 1. The van der Waals surface area contributed by atoms with Crippen LogP contribution < -0.4 is 5.32 Å². The van der Waals surface area contributed by atoms with Gasteiger partial charge >= 0.3 is 0 Å². The number of aliphatic hydroxyl groups excluding tert-OH is 1. The maximum absolute atomic E-state index is 12.1. The van der Waals surface area contributed by atoms with Crippen LogP contribution in [0.2, 0.25) is 0 Å². The van der Waals surface area contributed by atoms with Crippen molar-refractivity contribution >= 4 is 17.7 Å². The maximum Gasteiger partial charge on any atom is 0.230 e. The average Bonchev–Trinajstić information content (AvgIpc) is 2.80. The van der Waals surface area contributed by atoms with Crippen LogP contribution in [0.1, 0.15) is 50.6 Å². The summed E-state index contributed by atoms with van der Waals surface area (Å²) in [5, 5.41) is 13.0. The third kappa shape index (κ3) is 5.04. The van der Waals surface area contributed by atoms with Gasteiger partial charge in [0.05, 0.1) is 24.3 Å². The number of hydrogen-bond acceptors (Lipinski definition) is 4. The number of hydrogen-bond donors (Lipinski definition) is 2. The van der Waals surface area contributed by atoms with Crippen LogP contribution in [0.3, 0.4) is 0 Å². The molecule has 2 rings (SSSR count). The molecule has 2 N–H and O–H groups in total. The van der Waals surface area contributed by atoms with Crippen LogP contribution >= 0.6 is 11.8 Å². The first-order valence-electron chi connectivity index (χ1n) is 7.74. The Morgan fingerprint density at radius 2 is 2.05 bits per heavy atom. The first-order chi connectivity index (χ1) is 10.2. The van der Waals surface area contributed by atoms with Gasteiger partial charge in [0.15, 0.2) is 5.16 Å². The fraction of sp³-hybridized carbons (Fsp3) is 0.733. The molecule has 0 atom stereocenters. The molecule has 1 aromatic heterocycles. The van der Waals surface area contributed by atoms with Gasteiger partial charge in [-0.1, -0.05) is 43.9 Å². The van der Waals surface area contributed by atoms with Gasteiger partial charge in [-0.15, -0.1) is 0 Å². The first-order valence-corrected chi connectivity index (χ1v) is 8.73. The monoisotopic (exact) mass is 311 g/mol. The van der Waals surface area contributed by atoms with Crippen molar-refractivity contribution < 1.29 is 9.90 Å². The van der Waals surface area contributed by atoms with Crippen LogP contribution in [0.25, 0.3) is 0 Å². The molecule has 1 aromatic rings. The predicted octanol–water partition coefficient (Wildman–Crippen LogP) is 2.23. The zero-order valence-corrected chi connectivity index (χ0v) is 13.5. The molecule has 1 fully saturated rings. The topological polar surface area (TPSA) is 67.1 Å². The summed E-state index contributed by atoms with van der Waals surface area (Å²) < 4.78 is 1.83. The zero-order valence-electron chi connectivity index (χ0n) is 12.7. The van der Waals surface area contributed by atoms with Crippen molar-refractivity contribution in [2.75, 3.05) is 5.75 Å². The lowest BCUT2D eigenvalue weighted by molar-refractivity contribution is -0.119. The second kappa shape index (κ2) is 8.44. The Labute approximate surface area is 130 Å². The molecule has 6 heteroatoms. The molecule has 1 heterocycles. The van der Waals surface area contributed by atoms with Crippen LogP contribution in [-0.2, 0) is 18.4 Å². The van der Waals surface area contributed by atoms with Crippen LogP contribution in [0.5, 0.6) is 0 Å². The quantitative estimate of drug-likeness (QED) is 0.818. The number of nitrogens with zero attached hydrogens (tertiary/aromatic N) is 2. The maximum atomic E-state index is 12.1. The molecule has 1 aliphatic carbocycles. The predicted molar refractivity (Wildman–Crippen MR) is 84.1 cm³/mol. The van der Waals surface area contributed by atoms with Gasteiger partial charge in [0, 0.05) is 13.1 Å².